The van der Waals surface area contributed by atoms with E-state index in [1.165, 1.54) is 30.0 Å². The molecule has 1 atom stereocenters. The molecule has 3 aromatic carbocycles. The van der Waals surface area contributed by atoms with Gasteiger partial charge in [0.15, 0.2) is 17.3 Å². The molecule has 5 rings (SSSR count). The summed E-state index contributed by atoms with van der Waals surface area (Å²) < 4.78 is 13.1. The number of hydrazone groups is 1. The first-order valence-electron chi connectivity index (χ1n) is 12.8. The van der Waals surface area contributed by atoms with Crippen molar-refractivity contribution in [1.29, 1.82) is 0 Å². The van der Waals surface area contributed by atoms with E-state index in [0.717, 1.165) is 16.4 Å². The van der Waals surface area contributed by atoms with Gasteiger partial charge in [0.1, 0.15) is 11.8 Å². The van der Waals surface area contributed by atoms with E-state index in [1.807, 2.05) is 36.4 Å². The zero-order chi connectivity index (χ0) is 30.3. The minimum absolute atomic E-state index is 0.103. The number of thioether (sulfide) groups is 1. The van der Waals surface area contributed by atoms with Crippen LogP contribution in [0, 0.1) is 0 Å². The SMILES string of the molecule is COc1cc(/C=N\NC(=O)Cn2nc(-c3ccccc3)n(-c3ccccc3)c2=O)ccc1OC(=O)C[C@@H]1SC(=O)NC1=O. The second kappa shape index (κ2) is 13.0. The molecule has 2 heterocycles. The molecule has 1 aliphatic rings. The molecule has 14 heteroatoms. The van der Waals surface area contributed by atoms with Crippen molar-refractivity contribution in [1.82, 2.24) is 25.1 Å². The normalized spacial score (nSPS) is 14.5. The summed E-state index contributed by atoms with van der Waals surface area (Å²) in [7, 11) is 1.38. The number of nitrogens with one attached hydrogen (secondary N) is 2. The van der Waals surface area contributed by atoms with Crippen molar-refractivity contribution in [2.45, 2.75) is 18.2 Å². The standard InChI is InChI=1S/C29H24N6O7S/c1-41-22-14-18(12-13-21(22)42-25(37)15-23-27(38)31-28(39)43-23)16-30-32-24(36)17-34-29(40)35(20-10-6-3-7-11-20)26(33-34)19-8-4-2-5-9-19/h2-14,16,23H,15,17H2,1H3,(H,32,36)(H,31,38,39)/b30-16-/t23-/m0/s1. The van der Waals surface area contributed by atoms with Gasteiger partial charge in [0.2, 0.25) is 5.91 Å². The van der Waals surface area contributed by atoms with E-state index in [0.29, 0.717) is 22.6 Å². The van der Waals surface area contributed by atoms with Crippen molar-refractivity contribution in [3.8, 4) is 28.6 Å². The predicted octanol–water partition coefficient (Wildman–Crippen LogP) is 2.51. The Bertz CT molecular complexity index is 1770. The van der Waals surface area contributed by atoms with E-state index < -0.39 is 34.0 Å². The van der Waals surface area contributed by atoms with Crippen molar-refractivity contribution in [3.05, 3.63) is 94.9 Å². The fourth-order valence-electron chi connectivity index (χ4n) is 4.14. The van der Waals surface area contributed by atoms with Crippen molar-refractivity contribution in [2.75, 3.05) is 7.11 Å². The monoisotopic (exact) mass is 600 g/mol. The molecule has 0 radical (unpaired) electrons. The van der Waals surface area contributed by atoms with Crippen molar-refractivity contribution >= 4 is 41.0 Å². The van der Waals surface area contributed by atoms with E-state index in [2.05, 4.69) is 20.9 Å². The van der Waals surface area contributed by atoms with Gasteiger partial charge in [-0.3, -0.25) is 24.5 Å². The van der Waals surface area contributed by atoms with Crippen molar-refractivity contribution in [2.24, 2.45) is 5.10 Å². The molecule has 1 aliphatic heterocycles. The number of methoxy groups -OCH3 is 1. The van der Waals surface area contributed by atoms with Gasteiger partial charge >= 0.3 is 11.7 Å². The van der Waals surface area contributed by atoms with E-state index in [4.69, 9.17) is 9.47 Å². The summed E-state index contributed by atoms with van der Waals surface area (Å²) in [6, 6.07) is 22.7. The molecule has 2 N–H and O–H groups in total. The Balaban J connectivity index is 1.24. The summed E-state index contributed by atoms with van der Waals surface area (Å²) >= 11 is 0.730. The zero-order valence-corrected chi connectivity index (χ0v) is 23.4. The number of rotatable bonds is 10. The number of nitrogens with zero attached hydrogens (tertiary/aromatic N) is 4. The molecular formula is C29H24N6O7S. The molecule has 1 fully saturated rings. The Kier molecular flexibility index (Phi) is 8.77. The fourth-order valence-corrected chi connectivity index (χ4v) is 4.94. The quantitative estimate of drug-likeness (QED) is 0.121. The number of carbonyl (C=O) groups excluding carboxylic acids is 4. The average Bonchev–Trinajstić information content (AvgIpc) is 3.50. The highest BCUT2D eigenvalue weighted by atomic mass is 32.2. The van der Waals surface area contributed by atoms with Crippen LogP contribution in [-0.2, 0) is 20.9 Å². The van der Waals surface area contributed by atoms with Crippen LogP contribution in [0.3, 0.4) is 0 Å². The molecule has 0 aliphatic carbocycles. The lowest BCUT2D eigenvalue weighted by Crippen LogP contribution is -2.31. The number of para-hydroxylation sites is 1. The number of imide groups is 1. The van der Waals surface area contributed by atoms with Crippen LogP contribution in [0.2, 0.25) is 0 Å². The Labute approximate surface area is 248 Å². The molecule has 0 bridgehead atoms. The Morgan fingerprint density at radius 2 is 1.74 bits per heavy atom. The number of carbonyl (C=O) groups is 4. The Hall–Kier alpha value is -5.50. The van der Waals surface area contributed by atoms with Gasteiger partial charge in [-0.1, -0.05) is 60.3 Å². The number of hydrogen-bond donors (Lipinski definition) is 2. The minimum atomic E-state index is -0.853. The maximum absolute atomic E-state index is 13.3. The van der Waals surface area contributed by atoms with E-state index in [1.54, 1.807) is 30.3 Å². The highest BCUT2D eigenvalue weighted by molar-refractivity contribution is 8.15. The highest BCUT2D eigenvalue weighted by Gasteiger charge is 2.34. The second-order valence-electron chi connectivity index (χ2n) is 9.07. The molecule has 0 unspecified atom stereocenters. The molecule has 3 amide bonds. The van der Waals surface area contributed by atoms with Crippen LogP contribution in [0.15, 0.2) is 88.8 Å². The third-order valence-corrected chi connectivity index (χ3v) is 7.09. The van der Waals surface area contributed by atoms with Crippen LogP contribution in [0.5, 0.6) is 11.5 Å². The Morgan fingerprint density at radius 1 is 1.02 bits per heavy atom. The summed E-state index contributed by atoms with van der Waals surface area (Å²) in [5.74, 6) is -1.14. The van der Waals surface area contributed by atoms with E-state index in [-0.39, 0.29) is 24.5 Å². The molecule has 4 aromatic rings. The zero-order valence-electron chi connectivity index (χ0n) is 22.6. The first kappa shape index (κ1) is 29.0. The van der Waals surface area contributed by atoms with Crippen LogP contribution in [0.1, 0.15) is 12.0 Å². The summed E-state index contributed by atoms with van der Waals surface area (Å²) in [6.07, 6.45) is 1.05. The lowest BCUT2D eigenvalue weighted by atomic mass is 10.2. The van der Waals surface area contributed by atoms with Gasteiger partial charge in [-0.2, -0.15) is 5.10 Å². The second-order valence-corrected chi connectivity index (χ2v) is 10.2. The first-order chi connectivity index (χ1) is 20.8. The summed E-state index contributed by atoms with van der Waals surface area (Å²) in [4.78, 5) is 61.2. The van der Waals surface area contributed by atoms with Gasteiger partial charge in [0.05, 0.1) is 25.4 Å². The van der Waals surface area contributed by atoms with Crippen molar-refractivity contribution in [3.63, 3.8) is 0 Å². The Morgan fingerprint density at radius 3 is 2.42 bits per heavy atom. The van der Waals surface area contributed by atoms with E-state index >= 15 is 0 Å². The molecule has 13 nitrogen and oxygen atoms in total. The minimum Gasteiger partial charge on any atom is -0.493 e. The molecule has 0 spiro atoms. The van der Waals surface area contributed by atoms with Gasteiger partial charge < -0.3 is 9.47 Å². The number of ether oxygens (including phenoxy) is 2. The largest absolute Gasteiger partial charge is 0.493 e. The van der Waals surface area contributed by atoms with Crippen LogP contribution < -0.4 is 25.9 Å². The maximum atomic E-state index is 13.3. The third kappa shape index (κ3) is 6.87. The number of hydrogen-bond acceptors (Lipinski definition) is 10. The lowest BCUT2D eigenvalue weighted by Gasteiger charge is -2.10. The predicted molar refractivity (Wildman–Crippen MR) is 157 cm³/mol. The van der Waals surface area contributed by atoms with Gasteiger partial charge in [-0.05, 0) is 35.9 Å². The topological polar surface area (TPSA) is 163 Å². The summed E-state index contributed by atoms with van der Waals surface area (Å²) in [5.41, 5.74) is 3.71. The lowest BCUT2D eigenvalue weighted by molar-refractivity contribution is -0.136. The summed E-state index contributed by atoms with van der Waals surface area (Å²) in [5, 5.41) is 9.11. The average molecular weight is 601 g/mol. The number of aromatic nitrogens is 3. The maximum Gasteiger partial charge on any atom is 0.351 e. The number of benzene rings is 3. The summed E-state index contributed by atoms with van der Waals surface area (Å²) in [6.45, 7) is -0.378. The number of amides is 3. The highest BCUT2D eigenvalue weighted by Crippen LogP contribution is 2.29. The molecule has 0 saturated carbocycles. The molecular weight excluding hydrogens is 576 g/mol. The van der Waals surface area contributed by atoms with Crippen LogP contribution in [0.4, 0.5) is 4.79 Å². The fraction of sp³-hybridized carbons (Fsp3) is 0.138. The first-order valence-corrected chi connectivity index (χ1v) is 13.7. The number of esters is 1. The van der Waals surface area contributed by atoms with E-state index in [9.17, 15) is 24.0 Å². The van der Waals surface area contributed by atoms with Gasteiger partial charge in [0.25, 0.3) is 11.1 Å². The molecule has 1 saturated heterocycles. The van der Waals surface area contributed by atoms with Gasteiger partial charge in [0, 0.05) is 5.56 Å². The molecule has 43 heavy (non-hydrogen) atoms. The molecule has 218 valence electrons. The molecule has 1 aromatic heterocycles. The van der Waals surface area contributed by atoms with Crippen LogP contribution in [0.25, 0.3) is 17.1 Å². The van der Waals surface area contributed by atoms with Crippen LogP contribution >= 0.6 is 11.8 Å². The van der Waals surface area contributed by atoms with Gasteiger partial charge in [-0.25, -0.2) is 19.5 Å². The third-order valence-electron chi connectivity index (χ3n) is 6.11. The van der Waals surface area contributed by atoms with Crippen molar-refractivity contribution < 1.29 is 28.7 Å². The van der Waals surface area contributed by atoms with Gasteiger partial charge in [-0.15, -0.1) is 5.10 Å². The smallest absolute Gasteiger partial charge is 0.351 e. The van der Waals surface area contributed by atoms with Crippen LogP contribution in [-0.4, -0.2) is 55.9 Å².